The number of aromatic nitrogens is 2. The van der Waals surface area contributed by atoms with Gasteiger partial charge in [-0.05, 0) is 29.3 Å². The molecule has 6 nitrogen and oxygen atoms in total. The molecule has 1 aromatic rings. The van der Waals surface area contributed by atoms with Crippen LogP contribution in [0.25, 0.3) is 0 Å². The largest absolute Gasteiger partial charge is 0.355 e. The van der Waals surface area contributed by atoms with Gasteiger partial charge in [0.15, 0.2) is 0 Å². The van der Waals surface area contributed by atoms with Crippen LogP contribution in [-0.2, 0) is 4.79 Å². The molecule has 0 fully saturated rings. The predicted molar refractivity (Wildman–Crippen MR) is 80.5 cm³/mol. The fraction of sp³-hybridized carbons (Fsp3) is 0.583. The number of halogens is 1. The zero-order valence-electron chi connectivity index (χ0n) is 11.5. The van der Waals surface area contributed by atoms with Gasteiger partial charge in [-0.3, -0.25) is 4.79 Å². The van der Waals surface area contributed by atoms with Crippen molar-refractivity contribution < 1.29 is 4.79 Å². The first kappa shape index (κ1) is 15.7. The summed E-state index contributed by atoms with van der Waals surface area (Å²) in [5.41, 5.74) is 0. The van der Waals surface area contributed by atoms with Gasteiger partial charge >= 0.3 is 0 Å². The third-order valence-electron chi connectivity index (χ3n) is 2.38. The Bertz CT molecular complexity index is 427. The number of anilines is 2. The van der Waals surface area contributed by atoms with Crippen LogP contribution in [0.5, 0.6) is 0 Å². The van der Waals surface area contributed by atoms with Gasteiger partial charge < -0.3 is 15.5 Å². The first-order valence-corrected chi connectivity index (χ1v) is 7.12. The summed E-state index contributed by atoms with van der Waals surface area (Å²) in [5.74, 6) is 1.24. The lowest BCUT2D eigenvalue weighted by atomic mass is 10.4. The predicted octanol–water partition coefficient (Wildman–Crippen LogP) is 1.63. The summed E-state index contributed by atoms with van der Waals surface area (Å²) in [6.07, 6.45) is 2.61. The molecule has 1 amide bonds. The summed E-state index contributed by atoms with van der Waals surface area (Å²) < 4.78 is 0.764. The van der Waals surface area contributed by atoms with Crippen LogP contribution in [0.15, 0.2) is 10.7 Å². The molecule has 0 unspecified atom stereocenters. The SMILES string of the molecule is CCCNC(=O)CN(C)c1nc(NCC)ncc1Br. The molecule has 19 heavy (non-hydrogen) atoms. The third-order valence-corrected chi connectivity index (χ3v) is 2.93. The van der Waals surface area contributed by atoms with Crippen molar-refractivity contribution in [2.75, 3.05) is 36.9 Å². The zero-order valence-corrected chi connectivity index (χ0v) is 13.1. The maximum Gasteiger partial charge on any atom is 0.239 e. The fourth-order valence-electron chi connectivity index (χ4n) is 1.48. The highest BCUT2D eigenvalue weighted by Crippen LogP contribution is 2.22. The van der Waals surface area contributed by atoms with Crippen molar-refractivity contribution in [1.82, 2.24) is 15.3 Å². The molecule has 0 bridgehead atoms. The molecule has 0 saturated carbocycles. The van der Waals surface area contributed by atoms with Crippen LogP contribution in [0.4, 0.5) is 11.8 Å². The minimum Gasteiger partial charge on any atom is -0.355 e. The quantitative estimate of drug-likeness (QED) is 0.795. The normalized spacial score (nSPS) is 10.1. The van der Waals surface area contributed by atoms with Gasteiger partial charge in [0.2, 0.25) is 11.9 Å². The van der Waals surface area contributed by atoms with Crippen LogP contribution < -0.4 is 15.5 Å². The summed E-state index contributed by atoms with van der Waals surface area (Å²) in [4.78, 5) is 22.0. The van der Waals surface area contributed by atoms with E-state index in [0.717, 1.165) is 17.4 Å². The average molecular weight is 330 g/mol. The topological polar surface area (TPSA) is 70.2 Å². The monoisotopic (exact) mass is 329 g/mol. The van der Waals surface area contributed by atoms with E-state index < -0.39 is 0 Å². The Kier molecular flexibility index (Phi) is 6.55. The lowest BCUT2D eigenvalue weighted by Gasteiger charge is -2.19. The molecule has 0 aromatic carbocycles. The van der Waals surface area contributed by atoms with E-state index >= 15 is 0 Å². The van der Waals surface area contributed by atoms with Crippen LogP contribution in [-0.4, -0.2) is 42.6 Å². The molecule has 0 aliphatic heterocycles. The molecule has 1 heterocycles. The third kappa shape index (κ3) is 5.02. The van der Waals surface area contributed by atoms with Crippen molar-refractivity contribution in [3.05, 3.63) is 10.7 Å². The molecule has 0 aliphatic carbocycles. The average Bonchev–Trinajstić information content (AvgIpc) is 2.38. The van der Waals surface area contributed by atoms with Crippen molar-refractivity contribution in [2.45, 2.75) is 20.3 Å². The number of nitrogens with one attached hydrogen (secondary N) is 2. The van der Waals surface area contributed by atoms with Gasteiger partial charge in [-0.2, -0.15) is 4.98 Å². The van der Waals surface area contributed by atoms with Crippen molar-refractivity contribution in [3.8, 4) is 0 Å². The second kappa shape index (κ2) is 7.93. The Morgan fingerprint density at radius 2 is 2.21 bits per heavy atom. The van der Waals surface area contributed by atoms with Gasteiger partial charge in [-0.25, -0.2) is 4.98 Å². The van der Waals surface area contributed by atoms with Crippen molar-refractivity contribution in [2.24, 2.45) is 0 Å². The van der Waals surface area contributed by atoms with Gasteiger partial charge in [0, 0.05) is 26.3 Å². The van der Waals surface area contributed by atoms with Crippen molar-refractivity contribution >= 4 is 33.6 Å². The van der Waals surface area contributed by atoms with Crippen molar-refractivity contribution in [3.63, 3.8) is 0 Å². The Hall–Kier alpha value is -1.37. The Morgan fingerprint density at radius 1 is 1.47 bits per heavy atom. The smallest absolute Gasteiger partial charge is 0.239 e. The number of carbonyl (C=O) groups excluding carboxylic acids is 1. The number of rotatable bonds is 7. The molecule has 0 atom stereocenters. The number of likely N-dealkylation sites (N-methyl/N-ethyl adjacent to an activating group) is 1. The van der Waals surface area contributed by atoms with Crippen molar-refractivity contribution in [1.29, 1.82) is 0 Å². The van der Waals surface area contributed by atoms with Crippen LogP contribution in [0.3, 0.4) is 0 Å². The van der Waals surface area contributed by atoms with Crippen LogP contribution in [0.2, 0.25) is 0 Å². The van der Waals surface area contributed by atoms with E-state index in [0.29, 0.717) is 18.3 Å². The Balaban J connectivity index is 2.72. The number of amides is 1. The second-order valence-corrected chi connectivity index (χ2v) is 4.96. The second-order valence-electron chi connectivity index (χ2n) is 4.10. The summed E-state index contributed by atoms with van der Waals surface area (Å²) in [6.45, 7) is 5.71. The van der Waals surface area contributed by atoms with Crippen LogP contribution in [0.1, 0.15) is 20.3 Å². The van der Waals surface area contributed by atoms with E-state index in [-0.39, 0.29) is 12.5 Å². The molecule has 7 heteroatoms. The maximum atomic E-state index is 11.7. The molecular formula is C12H20BrN5O. The van der Waals surface area contributed by atoms with E-state index in [2.05, 4.69) is 36.5 Å². The first-order valence-electron chi connectivity index (χ1n) is 6.32. The molecule has 0 radical (unpaired) electrons. The van der Waals surface area contributed by atoms with Gasteiger partial charge in [0.05, 0.1) is 11.0 Å². The Morgan fingerprint density at radius 3 is 2.84 bits per heavy atom. The number of hydrogen-bond acceptors (Lipinski definition) is 5. The van der Waals surface area contributed by atoms with Gasteiger partial charge in [0.25, 0.3) is 0 Å². The molecule has 1 aromatic heterocycles. The van der Waals surface area contributed by atoms with Gasteiger partial charge in [-0.15, -0.1) is 0 Å². The summed E-state index contributed by atoms with van der Waals surface area (Å²) in [5, 5.41) is 5.88. The van der Waals surface area contributed by atoms with E-state index in [1.807, 2.05) is 20.9 Å². The standard InChI is InChI=1S/C12H20BrN5O/c1-4-6-15-10(19)8-18(3)11-9(13)7-16-12(17-11)14-5-2/h7H,4-6,8H2,1-3H3,(H,15,19)(H,14,16,17). The van der Waals surface area contributed by atoms with Crippen LogP contribution in [0, 0.1) is 0 Å². The highest BCUT2D eigenvalue weighted by molar-refractivity contribution is 9.10. The lowest BCUT2D eigenvalue weighted by molar-refractivity contribution is -0.119. The van der Waals surface area contributed by atoms with E-state index in [1.165, 1.54) is 0 Å². The molecule has 106 valence electrons. The first-order chi connectivity index (χ1) is 9.08. The van der Waals surface area contributed by atoms with Gasteiger partial charge in [-0.1, -0.05) is 6.92 Å². The van der Waals surface area contributed by atoms with E-state index in [9.17, 15) is 4.79 Å². The summed E-state index contributed by atoms with van der Waals surface area (Å²) >= 11 is 3.40. The lowest BCUT2D eigenvalue weighted by Crippen LogP contribution is -2.36. The number of carbonyl (C=O) groups is 1. The zero-order chi connectivity index (χ0) is 14.3. The highest BCUT2D eigenvalue weighted by atomic mass is 79.9. The molecule has 0 spiro atoms. The minimum atomic E-state index is -0.0140. The number of hydrogen-bond donors (Lipinski definition) is 2. The molecule has 0 aliphatic rings. The molecular weight excluding hydrogens is 310 g/mol. The van der Waals surface area contributed by atoms with E-state index in [1.54, 1.807) is 11.1 Å². The highest BCUT2D eigenvalue weighted by Gasteiger charge is 2.12. The molecule has 2 N–H and O–H groups in total. The maximum absolute atomic E-state index is 11.7. The number of nitrogens with zero attached hydrogens (tertiary/aromatic N) is 3. The molecule has 1 rings (SSSR count). The van der Waals surface area contributed by atoms with Crippen LogP contribution >= 0.6 is 15.9 Å². The van der Waals surface area contributed by atoms with E-state index in [4.69, 9.17) is 0 Å². The summed E-state index contributed by atoms with van der Waals surface area (Å²) in [6, 6.07) is 0. The Labute approximate surface area is 122 Å². The fourth-order valence-corrected chi connectivity index (χ4v) is 1.97. The summed E-state index contributed by atoms with van der Waals surface area (Å²) in [7, 11) is 1.83. The minimum absolute atomic E-state index is 0.0140. The van der Waals surface area contributed by atoms with Gasteiger partial charge in [0.1, 0.15) is 5.82 Å². The molecule has 0 saturated heterocycles.